The van der Waals surface area contributed by atoms with E-state index in [0.29, 0.717) is 30.1 Å². The summed E-state index contributed by atoms with van der Waals surface area (Å²) in [5, 5.41) is 16.1. The second-order valence-electron chi connectivity index (χ2n) is 12.5. The van der Waals surface area contributed by atoms with Crippen LogP contribution in [0.1, 0.15) is 61.9 Å². The third-order valence-electron chi connectivity index (χ3n) is 8.88. The molecule has 0 bridgehead atoms. The first kappa shape index (κ1) is 31.5. The maximum Gasteiger partial charge on any atom is 0.319 e. The molecule has 44 heavy (non-hydrogen) atoms. The van der Waals surface area contributed by atoms with Gasteiger partial charge in [0.1, 0.15) is 6.10 Å². The molecule has 0 spiro atoms. The van der Waals surface area contributed by atoms with Crippen molar-refractivity contribution in [3.8, 4) is 16.9 Å². The molecule has 0 radical (unpaired) electrons. The number of aliphatic hydroxyl groups is 1. The molecule has 1 heterocycles. The van der Waals surface area contributed by atoms with Gasteiger partial charge in [0, 0.05) is 31.6 Å². The molecule has 0 aromatic heterocycles. The zero-order valence-corrected chi connectivity index (χ0v) is 26.2. The number of anilines is 1. The first-order chi connectivity index (χ1) is 21.3. The van der Waals surface area contributed by atoms with Crippen LogP contribution < -0.4 is 15.4 Å². The number of ether oxygens (including phenoxy) is 1. The lowest BCUT2D eigenvalue weighted by Gasteiger charge is -2.38. The average molecular weight is 599 g/mol. The molecule has 3 N–H and O–H groups in total. The molecule has 3 aromatic carbocycles. The Kier molecular flexibility index (Phi) is 10.6. The van der Waals surface area contributed by atoms with Gasteiger partial charge in [-0.05, 0) is 55.6 Å². The Morgan fingerprint density at radius 3 is 2.41 bits per heavy atom. The van der Waals surface area contributed by atoms with Crippen molar-refractivity contribution in [3.63, 3.8) is 0 Å². The fourth-order valence-corrected chi connectivity index (χ4v) is 6.27. The minimum atomic E-state index is -0.358. The summed E-state index contributed by atoms with van der Waals surface area (Å²) in [4.78, 5) is 30.8. The molecular weight excluding hydrogens is 552 g/mol. The number of nitrogens with zero attached hydrogens (tertiary/aromatic N) is 2. The maximum atomic E-state index is 13.8. The molecule has 5 rings (SSSR count). The van der Waals surface area contributed by atoms with Crippen molar-refractivity contribution >= 4 is 17.6 Å². The van der Waals surface area contributed by atoms with Crippen LogP contribution in [0.5, 0.6) is 5.75 Å². The highest BCUT2D eigenvalue weighted by Gasteiger charge is 2.34. The van der Waals surface area contributed by atoms with Gasteiger partial charge in [-0.15, -0.1) is 0 Å². The molecule has 0 unspecified atom stereocenters. The monoisotopic (exact) mass is 598 g/mol. The number of rotatable bonds is 9. The van der Waals surface area contributed by atoms with Crippen molar-refractivity contribution < 1.29 is 19.4 Å². The number of hydrogen-bond acceptors (Lipinski definition) is 5. The average Bonchev–Trinajstić information content (AvgIpc) is 3.04. The van der Waals surface area contributed by atoms with Gasteiger partial charge in [-0.1, -0.05) is 86.8 Å². The van der Waals surface area contributed by atoms with E-state index in [1.54, 1.807) is 23.1 Å². The van der Waals surface area contributed by atoms with Gasteiger partial charge >= 0.3 is 6.03 Å². The predicted octanol–water partition coefficient (Wildman–Crippen LogP) is 6.16. The lowest BCUT2D eigenvalue weighted by molar-refractivity contribution is 0.0343. The Labute approximate surface area is 261 Å². The standard InChI is InChI=1S/C36H46N4O4/c1-25-21-40(26(2)24-41)35(42)31-15-10-16-32(38-36(43)37-30-13-8-5-9-14-30)34(31)44-33(25)23-39(3)22-27-17-19-29(20-18-27)28-11-6-4-7-12-28/h4,6-7,10-12,15-20,25-26,30,33,41H,5,8-9,13-14,21-24H2,1-3H3,(H2,37,38,43)/t25-,26+,33+/m1/s1. The minimum absolute atomic E-state index is 0.0341. The number of urea groups is 1. The summed E-state index contributed by atoms with van der Waals surface area (Å²) in [6.07, 6.45) is 5.12. The number of para-hydroxylation sites is 1. The fourth-order valence-electron chi connectivity index (χ4n) is 6.27. The van der Waals surface area contributed by atoms with Gasteiger partial charge in [0.05, 0.1) is 23.9 Å². The zero-order valence-electron chi connectivity index (χ0n) is 26.2. The lowest BCUT2D eigenvalue weighted by Crippen LogP contribution is -2.50. The Morgan fingerprint density at radius 2 is 1.70 bits per heavy atom. The number of fused-ring (bicyclic) bond motifs is 1. The number of hydrogen-bond donors (Lipinski definition) is 3. The van der Waals surface area contributed by atoms with Crippen LogP contribution in [-0.2, 0) is 6.54 Å². The maximum absolute atomic E-state index is 13.8. The third kappa shape index (κ3) is 7.79. The van der Waals surface area contributed by atoms with Gasteiger partial charge in [0.2, 0.25) is 0 Å². The van der Waals surface area contributed by atoms with E-state index in [4.69, 9.17) is 4.74 Å². The molecular formula is C36H46N4O4. The van der Waals surface area contributed by atoms with Crippen LogP contribution in [0.4, 0.5) is 10.5 Å². The Morgan fingerprint density at radius 1 is 1.00 bits per heavy atom. The van der Waals surface area contributed by atoms with Crippen LogP contribution in [0.25, 0.3) is 11.1 Å². The topological polar surface area (TPSA) is 94.1 Å². The van der Waals surface area contributed by atoms with Gasteiger partial charge in [0.15, 0.2) is 5.75 Å². The number of carbonyl (C=O) groups excluding carboxylic acids is 2. The van der Waals surface area contributed by atoms with Crippen LogP contribution in [-0.4, -0.2) is 71.8 Å². The first-order valence-corrected chi connectivity index (χ1v) is 15.9. The van der Waals surface area contributed by atoms with Gasteiger partial charge < -0.3 is 25.4 Å². The largest absolute Gasteiger partial charge is 0.486 e. The van der Waals surface area contributed by atoms with Gasteiger partial charge in [-0.25, -0.2) is 4.79 Å². The van der Waals surface area contributed by atoms with Crippen LogP contribution in [0.15, 0.2) is 72.8 Å². The number of benzene rings is 3. The molecule has 1 fully saturated rings. The van der Waals surface area contributed by atoms with Crippen molar-refractivity contribution in [1.82, 2.24) is 15.1 Å². The molecule has 3 atom stereocenters. The molecule has 3 amide bonds. The molecule has 234 valence electrons. The summed E-state index contributed by atoms with van der Waals surface area (Å²) in [6.45, 7) is 5.58. The van der Waals surface area contributed by atoms with E-state index >= 15 is 0 Å². The third-order valence-corrected chi connectivity index (χ3v) is 8.88. The molecule has 1 saturated carbocycles. The number of amides is 3. The Balaban J connectivity index is 1.35. The first-order valence-electron chi connectivity index (χ1n) is 15.9. The number of likely N-dealkylation sites (N-methyl/N-ethyl adjacent to an activating group) is 1. The minimum Gasteiger partial charge on any atom is -0.486 e. The summed E-state index contributed by atoms with van der Waals surface area (Å²) in [6, 6.07) is 23.8. The molecule has 0 saturated heterocycles. The van der Waals surface area contributed by atoms with E-state index in [9.17, 15) is 14.7 Å². The van der Waals surface area contributed by atoms with Gasteiger partial charge in [0.25, 0.3) is 5.91 Å². The summed E-state index contributed by atoms with van der Waals surface area (Å²) in [7, 11) is 2.07. The smallest absolute Gasteiger partial charge is 0.319 e. The molecule has 8 heteroatoms. The highest BCUT2D eigenvalue weighted by atomic mass is 16.5. The molecule has 2 aliphatic rings. The van der Waals surface area contributed by atoms with Crippen molar-refractivity contribution in [2.45, 2.75) is 70.7 Å². The zero-order chi connectivity index (χ0) is 31.1. The van der Waals surface area contributed by atoms with Crippen LogP contribution in [0, 0.1) is 5.92 Å². The van der Waals surface area contributed by atoms with E-state index < -0.39 is 0 Å². The summed E-state index contributed by atoms with van der Waals surface area (Å²) in [5.41, 5.74) is 4.42. The summed E-state index contributed by atoms with van der Waals surface area (Å²) < 4.78 is 6.69. The molecule has 1 aliphatic heterocycles. The molecule has 3 aromatic rings. The number of nitrogens with one attached hydrogen (secondary N) is 2. The van der Waals surface area contributed by atoms with E-state index in [-0.39, 0.29) is 42.7 Å². The summed E-state index contributed by atoms with van der Waals surface area (Å²) >= 11 is 0. The molecule has 8 nitrogen and oxygen atoms in total. The fraction of sp³-hybridized carbons (Fsp3) is 0.444. The Bertz CT molecular complexity index is 1390. The van der Waals surface area contributed by atoms with Crippen molar-refractivity contribution in [1.29, 1.82) is 0 Å². The quantitative estimate of drug-likeness (QED) is 0.274. The van der Waals surface area contributed by atoms with Crippen LogP contribution in [0.2, 0.25) is 0 Å². The second kappa shape index (κ2) is 14.7. The van der Waals surface area contributed by atoms with Crippen LogP contribution in [0.3, 0.4) is 0 Å². The number of carbonyl (C=O) groups is 2. The highest BCUT2D eigenvalue weighted by molar-refractivity contribution is 6.01. The van der Waals surface area contributed by atoms with E-state index in [1.807, 2.05) is 25.1 Å². The highest BCUT2D eigenvalue weighted by Crippen LogP contribution is 2.35. The Hall–Kier alpha value is -3.88. The van der Waals surface area contributed by atoms with Gasteiger partial charge in [-0.2, -0.15) is 0 Å². The predicted molar refractivity (Wildman–Crippen MR) is 175 cm³/mol. The summed E-state index contributed by atoms with van der Waals surface area (Å²) in [5.74, 6) is 0.131. The van der Waals surface area contributed by atoms with Crippen molar-refractivity contribution in [2.24, 2.45) is 5.92 Å². The number of aliphatic hydroxyl groups excluding tert-OH is 1. The van der Waals surface area contributed by atoms with E-state index in [1.165, 1.54) is 23.1 Å². The van der Waals surface area contributed by atoms with E-state index in [2.05, 4.69) is 65.9 Å². The van der Waals surface area contributed by atoms with Crippen molar-refractivity contribution in [2.75, 3.05) is 32.1 Å². The van der Waals surface area contributed by atoms with E-state index in [0.717, 1.165) is 32.2 Å². The van der Waals surface area contributed by atoms with Crippen LogP contribution >= 0.6 is 0 Å². The molecule has 1 aliphatic carbocycles. The van der Waals surface area contributed by atoms with Crippen molar-refractivity contribution in [3.05, 3.63) is 83.9 Å². The second-order valence-corrected chi connectivity index (χ2v) is 12.5. The lowest BCUT2D eigenvalue weighted by atomic mass is 9.96. The SMILES string of the molecule is C[C@@H]1CN([C@@H](C)CO)C(=O)c2cccc(NC(=O)NC3CCCCC3)c2O[C@H]1CN(C)Cc1ccc(-c2ccccc2)cc1. The normalized spacial score (nSPS) is 19.8. The van der Waals surface area contributed by atoms with Gasteiger partial charge in [-0.3, -0.25) is 9.69 Å².